The lowest BCUT2D eigenvalue weighted by molar-refractivity contribution is -0.111. The fourth-order valence-electron chi connectivity index (χ4n) is 2.10. The molecule has 20 heavy (non-hydrogen) atoms. The van der Waals surface area contributed by atoms with Crippen LogP contribution in [0.3, 0.4) is 0 Å². The van der Waals surface area contributed by atoms with Crippen LogP contribution in [0.4, 0.5) is 9.59 Å². The van der Waals surface area contributed by atoms with E-state index in [4.69, 9.17) is 19.3 Å². The third kappa shape index (κ3) is 3.40. The highest BCUT2D eigenvalue weighted by molar-refractivity contribution is 5.61. The molecule has 1 unspecified atom stereocenters. The second-order valence-electron chi connectivity index (χ2n) is 5.04. The first-order chi connectivity index (χ1) is 9.49. The van der Waals surface area contributed by atoms with Gasteiger partial charge in [-0.3, -0.25) is 0 Å². The molecule has 1 aromatic rings. The molecule has 1 atom stereocenters. The van der Waals surface area contributed by atoms with Gasteiger partial charge in [0, 0.05) is 6.42 Å². The highest BCUT2D eigenvalue weighted by Gasteiger charge is 2.43. The third-order valence-electron chi connectivity index (χ3n) is 3.32. The Kier molecular flexibility index (Phi) is 4.12. The Bertz CT molecular complexity index is 474. The molecule has 1 heterocycles. The molecule has 6 heteroatoms. The van der Waals surface area contributed by atoms with Crippen LogP contribution in [-0.2, 0) is 20.6 Å². The Morgan fingerprint density at radius 3 is 2.50 bits per heavy atom. The molecule has 2 rings (SSSR count). The Hall–Kier alpha value is -2.24. The number of ether oxygens (including phenoxy) is 3. The number of cyclic esters (lactones) is 2. The fraction of sp³-hybridized carbons (Fsp3) is 0.429. The van der Waals surface area contributed by atoms with Crippen LogP contribution in [0.2, 0.25) is 0 Å². The van der Waals surface area contributed by atoms with Crippen molar-refractivity contribution < 1.29 is 28.9 Å². The van der Waals surface area contributed by atoms with Gasteiger partial charge in [0.1, 0.15) is 19.3 Å². The summed E-state index contributed by atoms with van der Waals surface area (Å²) in [5, 5.41) is 8.89. The van der Waals surface area contributed by atoms with Crippen LogP contribution >= 0.6 is 0 Å². The highest BCUT2D eigenvalue weighted by Crippen LogP contribution is 2.31. The molecule has 0 radical (unpaired) electrons. The first-order valence-corrected chi connectivity index (χ1v) is 6.23. The van der Waals surface area contributed by atoms with E-state index in [1.807, 2.05) is 30.3 Å². The van der Waals surface area contributed by atoms with Crippen molar-refractivity contribution in [3.05, 3.63) is 35.9 Å². The molecule has 1 aliphatic heterocycles. The van der Waals surface area contributed by atoms with E-state index in [-0.39, 0.29) is 13.2 Å². The van der Waals surface area contributed by atoms with Crippen molar-refractivity contribution in [3.63, 3.8) is 0 Å². The maximum absolute atomic E-state index is 11.0. The number of carbonyl (C=O) groups is 2. The monoisotopic (exact) mass is 280 g/mol. The number of carbonyl (C=O) groups excluding carboxylic acids is 1. The Morgan fingerprint density at radius 2 is 1.95 bits per heavy atom. The quantitative estimate of drug-likeness (QED) is 0.853. The van der Waals surface area contributed by atoms with Crippen molar-refractivity contribution in [2.75, 3.05) is 13.2 Å². The summed E-state index contributed by atoms with van der Waals surface area (Å²) in [4.78, 5) is 21.8. The lowest BCUT2D eigenvalue weighted by Gasteiger charge is -2.37. The minimum atomic E-state index is -1.36. The van der Waals surface area contributed by atoms with Gasteiger partial charge in [-0.25, -0.2) is 9.59 Å². The molecule has 0 aliphatic carbocycles. The molecule has 0 amide bonds. The smallest absolute Gasteiger partial charge is 0.450 e. The minimum Gasteiger partial charge on any atom is -0.450 e. The van der Waals surface area contributed by atoms with E-state index in [2.05, 4.69) is 0 Å². The fourth-order valence-corrected chi connectivity index (χ4v) is 2.10. The van der Waals surface area contributed by atoms with Gasteiger partial charge in [-0.05, 0) is 12.5 Å². The zero-order valence-corrected chi connectivity index (χ0v) is 11.1. The molecule has 6 nitrogen and oxygen atoms in total. The highest BCUT2D eigenvalue weighted by atomic mass is 16.7. The van der Waals surface area contributed by atoms with Gasteiger partial charge in [0.2, 0.25) is 0 Å². The van der Waals surface area contributed by atoms with E-state index in [1.165, 1.54) is 0 Å². The molecule has 0 bridgehead atoms. The van der Waals surface area contributed by atoms with E-state index in [0.29, 0.717) is 6.42 Å². The SMILES string of the molecule is CC1(C(Cc2ccccc2)OC(=O)O)COC(=O)OC1. The molecule has 1 saturated heterocycles. The number of rotatable bonds is 4. The summed E-state index contributed by atoms with van der Waals surface area (Å²) in [5.41, 5.74) is 0.235. The Morgan fingerprint density at radius 1 is 1.35 bits per heavy atom. The van der Waals surface area contributed by atoms with Gasteiger partial charge in [-0.15, -0.1) is 0 Å². The molecule has 1 fully saturated rings. The normalized spacial score (nSPS) is 18.6. The summed E-state index contributed by atoms with van der Waals surface area (Å²) in [6, 6.07) is 9.39. The second kappa shape index (κ2) is 5.81. The topological polar surface area (TPSA) is 82.1 Å². The lowest BCUT2D eigenvalue weighted by atomic mass is 9.82. The summed E-state index contributed by atoms with van der Waals surface area (Å²) in [7, 11) is 0. The van der Waals surface area contributed by atoms with Gasteiger partial charge in [0.15, 0.2) is 0 Å². The molecule has 0 aromatic heterocycles. The van der Waals surface area contributed by atoms with E-state index < -0.39 is 23.8 Å². The molecule has 0 spiro atoms. The van der Waals surface area contributed by atoms with Crippen LogP contribution in [0.15, 0.2) is 30.3 Å². The third-order valence-corrected chi connectivity index (χ3v) is 3.32. The van der Waals surface area contributed by atoms with Crippen LogP contribution in [0.25, 0.3) is 0 Å². The minimum absolute atomic E-state index is 0.0661. The summed E-state index contributed by atoms with van der Waals surface area (Å²) >= 11 is 0. The van der Waals surface area contributed by atoms with Crippen LogP contribution in [-0.4, -0.2) is 36.7 Å². The van der Waals surface area contributed by atoms with E-state index in [9.17, 15) is 9.59 Å². The van der Waals surface area contributed by atoms with Crippen molar-refractivity contribution in [2.24, 2.45) is 5.41 Å². The molecule has 1 aromatic carbocycles. The first-order valence-electron chi connectivity index (χ1n) is 6.23. The van der Waals surface area contributed by atoms with Gasteiger partial charge < -0.3 is 19.3 Å². The predicted molar refractivity (Wildman–Crippen MR) is 68.5 cm³/mol. The Labute approximate surface area is 116 Å². The van der Waals surface area contributed by atoms with Crippen LogP contribution in [0.5, 0.6) is 0 Å². The van der Waals surface area contributed by atoms with Gasteiger partial charge in [-0.2, -0.15) is 0 Å². The number of hydrogen-bond acceptors (Lipinski definition) is 5. The number of hydrogen-bond donors (Lipinski definition) is 1. The van der Waals surface area contributed by atoms with Crippen LogP contribution in [0, 0.1) is 5.41 Å². The first kappa shape index (κ1) is 14.2. The lowest BCUT2D eigenvalue weighted by Crippen LogP contribution is -2.48. The molecule has 0 saturated carbocycles. The van der Waals surface area contributed by atoms with Gasteiger partial charge >= 0.3 is 12.3 Å². The zero-order valence-electron chi connectivity index (χ0n) is 11.1. The molecular weight excluding hydrogens is 264 g/mol. The standard InChI is InChI=1S/C14H16O6/c1-14(8-18-13(17)19-9-14)11(20-12(15)16)7-10-5-3-2-4-6-10/h2-6,11H,7-9H2,1H3,(H,15,16). The molecule has 1 N–H and O–H groups in total. The van der Waals surface area contributed by atoms with Gasteiger partial charge in [0.25, 0.3) is 0 Å². The van der Waals surface area contributed by atoms with E-state index in [0.717, 1.165) is 5.56 Å². The number of carboxylic acid groups (broad SMARTS) is 1. The maximum Gasteiger partial charge on any atom is 0.508 e. The Balaban J connectivity index is 2.14. The van der Waals surface area contributed by atoms with Crippen molar-refractivity contribution in [2.45, 2.75) is 19.4 Å². The predicted octanol–water partition coefficient (Wildman–Crippen LogP) is 2.47. The molecular formula is C14H16O6. The largest absolute Gasteiger partial charge is 0.508 e. The summed E-state index contributed by atoms with van der Waals surface area (Å²) in [6.07, 6.45) is -2.36. The summed E-state index contributed by atoms with van der Waals surface area (Å²) < 4.78 is 14.7. The average molecular weight is 280 g/mol. The van der Waals surface area contributed by atoms with E-state index >= 15 is 0 Å². The summed E-state index contributed by atoms with van der Waals surface area (Å²) in [5.74, 6) is 0. The van der Waals surface area contributed by atoms with Crippen molar-refractivity contribution >= 4 is 12.3 Å². The second-order valence-corrected chi connectivity index (χ2v) is 5.04. The maximum atomic E-state index is 11.0. The van der Waals surface area contributed by atoms with E-state index in [1.54, 1.807) is 6.92 Å². The van der Waals surface area contributed by atoms with Crippen molar-refractivity contribution in [3.8, 4) is 0 Å². The molecule has 108 valence electrons. The van der Waals surface area contributed by atoms with Crippen molar-refractivity contribution in [1.29, 1.82) is 0 Å². The van der Waals surface area contributed by atoms with Crippen LogP contribution in [0.1, 0.15) is 12.5 Å². The zero-order chi connectivity index (χ0) is 14.6. The molecule has 1 aliphatic rings. The van der Waals surface area contributed by atoms with Crippen molar-refractivity contribution in [1.82, 2.24) is 0 Å². The van der Waals surface area contributed by atoms with Gasteiger partial charge in [0.05, 0.1) is 5.41 Å². The average Bonchev–Trinajstić information content (AvgIpc) is 2.42. The van der Waals surface area contributed by atoms with Gasteiger partial charge in [-0.1, -0.05) is 30.3 Å². The van der Waals surface area contributed by atoms with Crippen LogP contribution < -0.4 is 0 Å². The summed E-state index contributed by atoms with van der Waals surface area (Å²) in [6.45, 7) is 1.91. The number of benzene rings is 1.